The summed E-state index contributed by atoms with van der Waals surface area (Å²) in [4.78, 5) is 0. The summed E-state index contributed by atoms with van der Waals surface area (Å²) >= 11 is 0. The largest absolute Gasteiger partial charge is 0.275 e. The number of rotatable bonds is 3. The molecule has 0 bridgehead atoms. The molecule has 1 aromatic carbocycles. The van der Waals surface area contributed by atoms with E-state index in [1.165, 1.54) is 12.1 Å². The molecule has 0 amide bonds. The lowest BCUT2D eigenvalue weighted by Crippen LogP contribution is -2.04. The Hall–Kier alpha value is -2.15. The van der Waals surface area contributed by atoms with Crippen LogP contribution in [0.25, 0.3) is 0 Å². The Bertz CT molecular complexity index is 637. The van der Waals surface area contributed by atoms with Crippen LogP contribution in [0.4, 0.5) is 4.39 Å². The van der Waals surface area contributed by atoms with E-state index in [0.717, 1.165) is 23.2 Å². The van der Waals surface area contributed by atoms with Crippen LogP contribution in [0.1, 0.15) is 41.6 Å². The molecule has 0 saturated carbocycles. The van der Waals surface area contributed by atoms with Crippen LogP contribution in [-0.4, -0.2) is 9.78 Å². The Morgan fingerprint density at radius 2 is 2.16 bits per heavy atom. The molecule has 0 aliphatic carbocycles. The monoisotopic (exact) mass is 257 g/mol. The Morgan fingerprint density at radius 3 is 2.68 bits per heavy atom. The number of nitrogens with zero attached hydrogens (tertiary/aromatic N) is 3. The Morgan fingerprint density at radius 1 is 1.42 bits per heavy atom. The van der Waals surface area contributed by atoms with Crippen molar-refractivity contribution in [3.05, 3.63) is 52.6 Å². The summed E-state index contributed by atoms with van der Waals surface area (Å²) in [5.41, 5.74) is 3.23. The van der Waals surface area contributed by atoms with Gasteiger partial charge < -0.3 is 0 Å². The zero-order chi connectivity index (χ0) is 14.0. The molecule has 0 radical (unpaired) electrons. The van der Waals surface area contributed by atoms with Crippen LogP contribution in [0, 0.1) is 24.1 Å². The predicted molar refractivity (Wildman–Crippen MR) is 71.2 cm³/mol. The minimum absolute atomic E-state index is 0.000880. The third-order valence-electron chi connectivity index (χ3n) is 3.34. The normalized spacial score (nSPS) is 12.2. The van der Waals surface area contributed by atoms with Gasteiger partial charge in [-0.05, 0) is 37.1 Å². The number of hydrogen-bond donors (Lipinski definition) is 0. The van der Waals surface area contributed by atoms with Gasteiger partial charge >= 0.3 is 0 Å². The predicted octanol–water partition coefficient (Wildman–Crippen LogP) is 3.28. The van der Waals surface area contributed by atoms with Gasteiger partial charge in [0, 0.05) is 24.7 Å². The van der Waals surface area contributed by atoms with Crippen molar-refractivity contribution >= 4 is 0 Å². The summed E-state index contributed by atoms with van der Waals surface area (Å²) in [6.07, 6.45) is 2.74. The van der Waals surface area contributed by atoms with Gasteiger partial charge in [-0.3, -0.25) is 4.68 Å². The van der Waals surface area contributed by atoms with Gasteiger partial charge in [-0.1, -0.05) is 6.92 Å². The molecule has 0 N–H and O–H groups in total. The van der Waals surface area contributed by atoms with Crippen LogP contribution in [0.3, 0.4) is 0 Å². The Balaban J connectivity index is 2.57. The van der Waals surface area contributed by atoms with E-state index in [2.05, 4.69) is 11.2 Å². The molecule has 3 nitrogen and oxygen atoms in total. The highest BCUT2D eigenvalue weighted by molar-refractivity contribution is 5.44. The van der Waals surface area contributed by atoms with Crippen LogP contribution in [0.15, 0.2) is 24.4 Å². The van der Waals surface area contributed by atoms with E-state index in [1.807, 2.05) is 27.1 Å². The molecule has 0 spiro atoms. The minimum atomic E-state index is -0.311. The summed E-state index contributed by atoms with van der Waals surface area (Å²) in [7, 11) is 1.86. The third kappa shape index (κ3) is 2.50. The second-order valence-corrected chi connectivity index (χ2v) is 4.65. The molecule has 0 unspecified atom stereocenters. The van der Waals surface area contributed by atoms with Crippen LogP contribution in [0.2, 0.25) is 0 Å². The van der Waals surface area contributed by atoms with E-state index in [4.69, 9.17) is 0 Å². The summed E-state index contributed by atoms with van der Waals surface area (Å²) in [5, 5.41) is 13.5. The van der Waals surface area contributed by atoms with Crippen molar-refractivity contribution in [1.29, 1.82) is 5.26 Å². The molecule has 0 aliphatic heterocycles. The van der Waals surface area contributed by atoms with Crippen LogP contribution >= 0.6 is 0 Å². The maximum absolute atomic E-state index is 13.5. The van der Waals surface area contributed by atoms with Gasteiger partial charge in [0.05, 0.1) is 17.3 Å². The highest BCUT2D eigenvalue weighted by Crippen LogP contribution is 2.32. The van der Waals surface area contributed by atoms with E-state index in [0.29, 0.717) is 5.56 Å². The van der Waals surface area contributed by atoms with E-state index in [9.17, 15) is 9.65 Å². The van der Waals surface area contributed by atoms with Gasteiger partial charge in [-0.15, -0.1) is 0 Å². The molecule has 2 rings (SSSR count). The average molecular weight is 257 g/mol. The average Bonchev–Trinajstić information content (AvgIpc) is 2.70. The molecule has 4 heteroatoms. The molecule has 1 heterocycles. The first-order chi connectivity index (χ1) is 9.06. The first-order valence-electron chi connectivity index (χ1n) is 6.26. The number of nitriles is 1. The second kappa shape index (κ2) is 5.23. The van der Waals surface area contributed by atoms with E-state index in [1.54, 1.807) is 10.7 Å². The molecule has 1 atom stereocenters. The fraction of sp³-hybridized carbons (Fsp3) is 0.333. The van der Waals surface area contributed by atoms with Gasteiger partial charge in [0.15, 0.2) is 0 Å². The van der Waals surface area contributed by atoms with Crippen molar-refractivity contribution in [2.75, 3.05) is 0 Å². The van der Waals surface area contributed by atoms with Crippen molar-refractivity contribution in [3.63, 3.8) is 0 Å². The fourth-order valence-corrected chi connectivity index (χ4v) is 2.49. The summed E-state index contributed by atoms with van der Waals surface area (Å²) in [6.45, 7) is 3.96. The van der Waals surface area contributed by atoms with Crippen molar-refractivity contribution in [2.24, 2.45) is 7.05 Å². The first kappa shape index (κ1) is 13.3. The fourth-order valence-electron chi connectivity index (χ4n) is 2.49. The van der Waals surface area contributed by atoms with Gasteiger partial charge in [-0.25, -0.2) is 4.39 Å². The number of aryl methyl sites for hydroxylation is 2. The lowest BCUT2D eigenvalue weighted by molar-refractivity contribution is 0.621. The van der Waals surface area contributed by atoms with E-state index < -0.39 is 0 Å². The molecule has 0 aliphatic rings. The molecule has 0 fully saturated rings. The number of benzene rings is 1. The van der Waals surface area contributed by atoms with Gasteiger partial charge in [-0.2, -0.15) is 10.4 Å². The van der Waals surface area contributed by atoms with Crippen LogP contribution < -0.4 is 0 Å². The molecular formula is C15H16FN3. The van der Waals surface area contributed by atoms with E-state index >= 15 is 0 Å². The summed E-state index contributed by atoms with van der Waals surface area (Å²) < 4.78 is 15.2. The second-order valence-electron chi connectivity index (χ2n) is 4.65. The topological polar surface area (TPSA) is 41.6 Å². The standard InChI is InChI=1S/C15H16FN3/c1-4-13(15-9-19(3)18-10(15)2)14-7-12(16)6-5-11(14)8-17/h5-7,9,13H,4H2,1-3H3/t13-/m1/s1. The summed E-state index contributed by atoms with van der Waals surface area (Å²) in [6, 6.07) is 6.46. The highest BCUT2D eigenvalue weighted by atomic mass is 19.1. The Kier molecular flexibility index (Phi) is 3.66. The summed E-state index contributed by atoms with van der Waals surface area (Å²) in [5.74, 6) is -0.312. The number of hydrogen-bond acceptors (Lipinski definition) is 2. The number of halogens is 1. The molecule has 2 aromatic rings. The van der Waals surface area contributed by atoms with Gasteiger partial charge in [0.1, 0.15) is 5.82 Å². The lowest BCUT2D eigenvalue weighted by Gasteiger charge is -2.16. The maximum atomic E-state index is 13.5. The van der Waals surface area contributed by atoms with Crippen LogP contribution in [0.5, 0.6) is 0 Å². The van der Waals surface area contributed by atoms with Gasteiger partial charge in [0.25, 0.3) is 0 Å². The van der Waals surface area contributed by atoms with Crippen LogP contribution in [-0.2, 0) is 7.05 Å². The Labute approximate surface area is 112 Å². The molecule has 19 heavy (non-hydrogen) atoms. The van der Waals surface area contributed by atoms with Crippen molar-refractivity contribution in [3.8, 4) is 6.07 Å². The van der Waals surface area contributed by atoms with Crippen molar-refractivity contribution in [1.82, 2.24) is 9.78 Å². The van der Waals surface area contributed by atoms with Crippen molar-refractivity contribution < 1.29 is 4.39 Å². The van der Waals surface area contributed by atoms with E-state index in [-0.39, 0.29) is 11.7 Å². The SMILES string of the molecule is CC[C@H](c1cc(F)ccc1C#N)c1cn(C)nc1C. The zero-order valence-corrected chi connectivity index (χ0v) is 11.3. The highest BCUT2D eigenvalue weighted by Gasteiger charge is 2.20. The molecule has 0 saturated heterocycles. The lowest BCUT2D eigenvalue weighted by atomic mass is 9.87. The minimum Gasteiger partial charge on any atom is -0.275 e. The third-order valence-corrected chi connectivity index (χ3v) is 3.34. The first-order valence-corrected chi connectivity index (χ1v) is 6.26. The molecule has 1 aromatic heterocycles. The van der Waals surface area contributed by atoms with Gasteiger partial charge in [0.2, 0.25) is 0 Å². The quantitative estimate of drug-likeness (QED) is 0.846. The molecule has 98 valence electrons. The number of aromatic nitrogens is 2. The van der Waals surface area contributed by atoms with Crippen molar-refractivity contribution in [2.45, 2.75) is 26.2 Å². The smallest absolute Gasteiger partial charge is 0.123 e. The maximum Gasteiger partial charge on any atom is 0.123 e. The zero-order valence-electron chi connectivity index (χ0n) is 11.3. The molecular weight excluding hydrogens is 241 g/mol.